The zero-order valence-corrected chi connectivity index (χ0v) is 7.80. The maximum Gasteiger partial charge on any atom is 0.183 e. The quantitative estimate of drug-likeness (QED) is 0.710. The van der Waals surface area contributed by atoms with Crippen LogP contribution in [0.3, 0.4) is 0 Å². The van der Waals surface area contributed by atoms with Crippen molar-refractivity contribution >= 4 is 11.3 Å². The lowest BCUT2D eigenvalue weighted by atomic mass is 10.2. The highest BCUT2D eigenvalue weighted by atomic mass is 32.1. The average molecular weight is 182 g/mol. The minimum absolute atomic E-state index is 0.356. The van der Waals surface area contributed by atoms with Gasteiger partial charge in [-0.3, -0.25) is 0 Å². The van der Waals surface area contributed by atoms with Crippen molar-refractivity contribution < 1.29 is 5.11 Å². The van der Waals surface area contributed by atoms with E-state index < -0.39 is 6.10 Å². The smallest absolute Gasteiger partial charge is 0.183 e. The summed E-state index contributed by atoms with van der Waals surface area (Å²) in [6.07, 6.45) is -1.08. The molecule has 0 aromatic carbocycles. The molecule has 0 fully saturated rings. The van der Waals surface area contributed by atoms with Crippen LogP contribution in [0.1, 0.15) is 36.6 Å². The van der Waals surface area contributed by atoms with Crippen LogP contribution in [0, 0.1) is 11.3 Å². The fraction of sp³-hybridized carbons (Fsp3) is 0.500. The highest BCUT2D eigenvalue weighted by Gasteiger charge is 2.11. The van der Waals surface area contributed by atoms with Crippen LogP contribution < -0.4 is 0 Å². The summed E-state index contributed by atoms with van der Waals surface area (Å²) in [5, 5.41) is 20.2. The Labute approximate surface area is 75.3 Å². The highest BCUT2D eigenvalue weighted by molar-refractivity contribution is 7.09. The van der Waals surface area contributed by atoms with Crippen LogP contribution in [0.2, 0.25) is 0 Å². The SMILES string of the molecule is CC(C)c1nc(C(O)C#N)cs1. The Morgan fingerprint density at radius 2 is 2.33 bits per heavy atom. The Hall–Kier alpha value is -0.920. The summed E-state index contributed by atoms with van der Waals surface area (Å²) < 4.78 is 0. The predicted octanol–water partition coefficient (Wildman–Crippen LogP) is 1.82. The molecule has 0 saturated heterocycles. The summed E-state index contributed by atoms with van der Waals surface area (Å²) in [6, 6.07) is 1.73. The van der Waals surface area contributed by atoms with E-state index in [1.54, 1.807) is 11.4 Å². The molecule has 0 amide bonds. The van der Waals surface area contributed by atoms with E-state index in [0.29, 0.717) is 11.6 Å². The minimum atomic E-state index is -1.08. The van der Waals surface area contributed by atoms with Gasteiger partial charge >= 0.3 is 0 Å². The molecule has 0 saturated carbocycles. The second kappa shape index (κ2) is 3.65. The van der Waals surface area contributed by atoms with Gasteiger partial charge in [-0.25, -0.2) is 4.98 Å². The van der Waals surface area contributed by atoms with Gasteiger partial charge in [0.1, 0.15) is 6.07 Å². The fourth-order valence-electron chi connectivity index (χ4n) is 0.758. The van der Waals surface area contributed by atoms with Crippen LogP contribution in [0.25, 0.3) is 0 Å². The fourth-order valence-corrected chi connectivity index (χ4v) is 1.61. The molecule has 1 aromatic heterocycles. The zero-order valence-electron chi connectivity index (χ0n) is 6.98. The third kappa shape index (κ3) is 1.81. The van der Waals surface area contributed by atoms with Gasteiger partial charge in [0, 0.05) is 11.3 Å². The van der Waals surface area contributed by atoms with Crippen molar-refractivity contribution in [2.45, 2.75) is 25.9 Å². The molecule has 1 heterocycles. The first-order valence-corrected chi connectivity index (χ1v) is 4.56. The summed E-state index contributed by atoms with van der Waals surface area (Å²) in [5.41, 5.74) is 0.464. The van der Waals surface area contributed by atoms with E-state index in [9.17, 15) is 0 Å². The Kier molecular flexibility index (Phi) is 2.79. The van der Waals surface area contributed by atoms with Crippen molar-refractivity contribution in [1.29, 1.82) is 5.26 Å². The number of rotatable bonds is 2. The molecule has 1 rings (SSSR count). The van der Waals surface area contributed by atoms with E-state index >= 15 is 0 Å². The normalized spacial score (nSPS) is 12.9. The molecule has 1 aromatic rings. The van der Waals surface area contributed by atoms with E-state index in [0.717, 1.165) is 5.01 Å². The second-order valence-corrected chi connectivity index (χ2v) is 3.69. The van der Waals surface area contributed by atoms with Crippen LogP contribution in [-0.4, -0.2) is 10.1 Å². The summed E-state index contributed by atoms with van der Waals surface area (Å²) in [6.45, 7) is 4.06. The van der Waals surface area contributed by atoms with Crippen molar-refractivity contribution in [1.82, 2.24) is 4.98 Å². The van der Waals surface area contributed by atoms with E-state index in [-0.39, 0.29) is 0 Å². The molecule has 0 radical (unpaired) electrons. The standard InChI is InChI=1S/C8H10N2OS/c1-5(2)8-10-6(4-12-8)7(11)3-9/h4-5,7,11H,1-2H3. The molecule has 3 nitrogen and oxygen atoms in total. The van der Waals surface area contributed by atoms with E-state index in [2.05, 4.69) is 4.98 Å². The molecular formula is C8H10N2OS. The molecule has 0 bridgehead atoms. The number of aliphatic hydroxyl groups excluding tert-OH is 1. The maximum absolute atomic E-state index is 9.11. The molecule has 0 aliphatic carbocycles. The molecule has 0 aliphatic heterocycles. The summed E-state index contributed by atoms with van der Waals surface area (Å²) in [7, 11) is 0. The van der Waals surface area contributed by atoms with Gasteiger partial charge in [0.2, 0.25) is 0 Å². The highest BCUT2D eigenvalue weighted by Crippen LogP contribution is 2.22. The number of aliphatic hydroxyl groups is 1. The number of hydrogen-bond donors (Lipinski definition) is 1. The zero-order chi connectivity index (χ0) is 9.14. The topological polar surface area (TPSA) is 56.9 Å². The monoisotopic (exact) mass is 182 g/mol. The number of aromatic nitrogens is 1. The van der Waals surface area contributed by atoms with Gasteiger partial charge in [0.05, 0.1) is 10.7 Å². The lowest BCUT2D eigenvalue weighted by Gasteiger charge is -1.97. The molecule has 64 valence electrons. The Balaban J connectivity index is 2.86. The van der Waals surface area contributed by atoms with Gasteiger partial charge in [0.25, 0.3) is 0 Å². The van der Waals surface area contributed by atoms with Gasteiger partial charge in [-0.2, -0.15) is 5.26 Å². The Bertz CT molecular complexity index is 300. The molecule has 4 heteroatoms. The third-order valence-electron chi connectivity index (χ3n) is 1.44. The van der Waals surface area contributed by atoms with Crippen LogP contribution in [0.5, 0.6) is 0 Å². The van der Waals surface area contributed by atoms with Gasteiger partial charge in [-0.05, 0) is 0 Å². The van der Waals surface area contributed by atoms with Gasteiger partial charge in [-0.1, -0.05) is 13.8 Å². The van der Waals surface area contributed by atoms with Gasteiger partial charge in [-0.15, -0.1) is 11.3 Å². The summed E-state index contributed by atoms with van der Waals surface area (Å²) in [4.78, 5) is 4.13. The summed E-state index contributed by atoms with van der Waals surface area (Å²) in [5.74, 6) is 0.356. The van der Waals surface area contributed by atoms with E-state index in [1.165, 1.54) is 11.3 Å². The van der Waals surface area contributed by atoms with Crippen molar-refractivity contribution in [3.8, 4) is 6.07 Å². The van der Waals surface area contributed by atoms with Gasteiger partial charge in [0.15, 0.2) is 6.10 Å². The van der Waals surface area contributed by atoms with Crippen molar-refractivity contribution in [2.75, 3.05) is 0 Å². The average Bonchev–Trinajstić information content (AvgIpc) is 2.51. The van der Waals surface area contributed by atoms with Crippen molar-refractivity contribution in [3.05, 3.63) is 16.1 Å². The minimum Gasteiger partial charge on any atom is -0.373 e. The molecular weight excluding hydrogens is 172 g/mol. The van der Waals surface area contributed by atoms with Crippen LogP contribution in [-0.2, 0) is 0 Å². The first kappa shape index (κ1) is 9.17. The first-order valence-electron chi connectivity index (χ1n) is 3.68. The van der Waals surface area contributed by atoms with Gasteiger partial charge < -0.3 is 5.11 Å². The number of nitrogens with zero attached hydrogens (tertiary/aromatic N) is 2. The maximum atomic E-state index is 9.11. The number of thiazole rings is 1. The van der Waals surface area contributed by atoms with Crippen molar-refractivity contribution in [3.63, 3.8) is 0 Å². The summed E-state index contributed by atoms with van der Waals surface area (Å²) >= 11 is 1.48. The Morgan fingerprint density at radius 3 is 2.75 bits per heavy atom. The van der Waals surface area contributed by atoms with Crippen LogP contribution in [0.4, 0.5) is 0 Å². The molecule has 0 spiro atoms. The molecule has 1 N–H and O–H groups in total. The van der Waals surface area contributed by atoms with Crippen LogP contribution >= 0.6 is 11.3 Å². The third-order valence-corrected chi connectivity index (χ3v) is 2.60. The molecule has 1 atom stereocenters. The lowest BCUT2D eigenvalue weighted by Crippen LogP contribution is -1.94. The lowest BCUT2D eigenvalue weighted by molar-refractivity contribution is 0.231. The largest absolute Gasteiger partial charge is 0.373 e. The first-order chi connectivity index (χ1) is 5.65. The molecule has 12 heavy (non-hydrogen) atoms. The van der Waals surface area contributed by atoms with Crippen LogP contribution in [0.15, 0.2) is 5.38 Å². The number of hydrogen-bond acceptors (Lipinski definition) is 4. The molecule has 0 aliphatic rings. The van der Waals surface area contributed by atoms with E-state index in [4.69, 9.17) is 10.4 Å². The second-order valence-electron chi connectivity index (χ2n) is 2.80. The molecule has 1 unspecified atom stereocenters. The van der Waals surface area contributed by atoms with E-state index in [1.807, 2.05) is 13.8 Å². The Morgan fingerprint density at radius 1 is 1.67 bits per heavy atom. The predicted molar refractivity (Wildman–Crippen MR) is 46.8 cm³/mol. The number of nitriles is 1. The van der Waals surface area contributed by atoms with Crippen molar-refractivity contribution in [2.24, 2.45) is 0 Å².